The maximum absolute atomic E-state index is 5.16. The van der Waals surface area contributed by atoms with E-state index < -0.39 is 0 Å². The summed E-state index contributed by atoms with van der Waals surface area (Å²) in [6.07, 6.45) is 4.87. The van der Waals surface area contributed by atoms with E-state index in [0.29, 0.717) is 4.64 Å². The molecule has 0 saturated carbocycles. The van der Waals surface area contributed by atoms with Crippen LogP contribution < -0.4 is 0 Å². The van der Waals surface area contributed by atoms with Gasteiger partial charge in [0, 0.05) is 0 Å². The molecule has 0 saturated heterocycles. The van der Waals surface area contributed by atoms with Gasteiger partial charge in [0.2, 0.25) is 0 Å². The summed E-state index contributed by atoms with van der Waals surface area (Å²) in [6.45, 7) is 0. The summed E-state index contributed by atoms with van der Waals surface area (Å²) in [7, 11) is 0. The van der Waals surface area contributed by atoms with Gasteiger partial charge in [-0.05, 0) is 12.1 Å². The molecule has 0 aliphatic rings. The van der Waals surface area contributed by atoms with Crippen LogP contribution in [0, 0.1) is 4.64 Å². The molecule has 0 spiro atoms. The van der Waals surface area contributed by atoms with E-state index in [1.54, 1.807) is 18.7 Å². The minimum absolute atomic E-state index is 0.601. The molecule has 60 valence electrons. The van der Waals surface area contributed by atoms with Crippen molar-refractivity contribution in [2.45, 2.75) is 0 Å². The third-order valence-corrected chi connectivity index (χ3v) is 1.65. The molecule has 2 aromatic heterocycles. The summed E-state index contributed by atoms with van der Waals surface area (Å²) >= 11 is 4.91. The van der Waals surface area contributed by atoms with Crippen LogP contribution in [-0.2, 0) is 0 Å². The molecule has 0 atom stereocenters. The van der Waals surface area contributed by atoms with Crippen LogP contribution in [0.4, 0.5) is 0 Å². The SMILES string of the molecule is S=c1cncc(-c2ccco2)[nH]1. The van der Waals surface area contributed by atoms with E-state index in [4.69, 9.17) is 16.6 Å². The minimum atomic E-state index is 0.601. The van der Waals surface area contributed by atoms with Crippen LogP contribution in [0.15, 0.2) is 35.2 Å². The molecule has 0 aliphatic carbocycles. The lowest BCUT2D eigenvalue weighted by atomic mass is 10.3. The third kappa shape index (κ3) is 1.29. The van der Waals surface area contributed by atoms with E-state index >= 15 is 0 Å². The number of furan rings is 1. The number of hydrogen-bond acceptors (Lipinski definition) is 3. The third-order valence-electron chi connectivity index (χ3n) is 1.44. The Balaban J connectivity index is 2.55. The average Bonchev–Trinajstić information content (AvgIpc) is 2.56. The van der Waals surface area contributed by atoms with E-state index in [1.807, 2.05) is 12.1 Å². The predicted octanol–water partition coefficient (Wildman–Crippen LogP) is 2.40. The molecule has 0 aliphatic heterocycles. The highest BCUT2D eigenvalue weighted by atomic mass is 32.1. The lowest BCUT2D eigenvalue weighted by molar-refractivity contribution is 0.579. The summed E-state index contributed by atoms with van der Waals surface area (Å²) in [4.78, 5) is 6.91. The van der Waals surface area contributed by atoms with E-state index in [2.05, 4.69) is 9.97 Å². The minimum Gasteiger partial charge on any atom is -0.463 e. The van der Waals surface area contributed by atoms with Gasteiger partial charge in [-0.15, -0.1) is 0 Å². The zero-order valence-electron chi connectivity index (χ0n) is 6.15. The first kappa shape index (κ1) is 7.24. The van der Waals surface area contributed by atoms with Crippen LogP contribution in [0.1, 0.15) is 0 Å². The van der Waals surface area contributed by atoms with Gasteiger partial charge in [-0.1, -0.05) is 12.2 Å². The van der Waals surface area contributed by atoms with Crippen molar-refractivity contribution in [3.05, 3.63) is 35.4 Å². The van der Waals surface area contributed by atoms with Crippen molar-refractivity contribution in [1.29, 1.82) is 0 Å². The zero-order valence-corrected chi connectivity index (χ0v) is 6.97. The summed E-state index contributed by atoms with van der Waals surface area (Å²) < 4.78 is 5.76. The van der Waals surface area contributed by atoms with Crippen molar-refractivity contribution < 1.29 is 4.42 Å². The van der Waals surface area contributed by atoms with E-state index in [-0.39, 0.29) is 0 Å². The molecule has 0 amide bonds. The van der Waals surface area contributed by atoms with Crippen molar-refractivity contribution in [2.24, 2.45) is 0 Å². The summed E-state index contributed by atoms with van der Waals surface area (Å²) in [6, 6.07) is 3.67. The number of aromatic amines is 1. The van der Waals surface area contributed by atoms with Gasteiger partial charge in [0.1, 0.15) is 10.3 Å². The number of H-pyrrole nitrogens is 1. The maximum Gasteiger partial charge on any atom is 0.151 e. The molecule has 0 fully saturated rings. The number of aromatic nitrogens is 2. The first-order valence-corrected chi connectivity index (χ1v) is 3.85. The molecule has 0 bridgehead atoms. The van der Waals surface area contributed by atoms with Crippen LogP contribution in [0.3, 0.4) is 0 Å². The highest BCUT2D eigenvalue weighted by Gasteiger charge is 1.98. The van der Waals surface area contributed by atoms with E-state index in [9.17, 15) is 0 Å². The molecular formula is C8H6N2OS. The lowest BCUT2D eigenvalue weighted by Gasteiger charge is -1.93. The first-order chi connectivity index (χ1) is 5.86. The van der Waals surface area contributed by atoms with Gasteiger partial charge in [-0.25, -0.2) is 0 Å². The average molecular weight is 178 g/mol. The summed E-state index contributed by atoms with van der Waals surface area (Å²) in [5, 5.41) is 0. The molecule has 0 radical (unpaired) electrons. The maximum atomic E-state index is 5.16. The van der Waals surface area contributed by atoms with E-state index in [0.717, 1.165) is 11.5 Å². The molecule has 4 heteroatoms. The topological polar surface area (TPSA) is 41.8 Å². The Kier molecular flexibility index (Phi) is 1.75. The molecule has 2 aromatic rings. The van der Waals surface area contributed by atoms with Gasteiger partial charge in [0.15, 0.2) is 5.76 Å². The Bertz CT molecular complexity index is 419. The highest BCUT2D eigenvalue weighted by molar-refractivity contribution is 7.71. The fourth-order valence-corrected chi connectivity index (χ4v) is 1.10. The van der Waals surface area contributed by atoms with Crippen LogP contribution in [0.2, 0.25) is 0 Å². The van der Waals surface area contributed by atoms with Crippen molar-refractivity contribution in [3.63, 3.8) is 0 Å². The van der Waals surface area contributed by atoms with Crippen molar-refractivity contribution in [2.75, 3.05) is 0 Å². The van der Waals surface area contributed by atoms with Gasteiger partial charge < -0.3 is 9.40 Å². The normalized spacial score (nSPS) is 10.0. The Morgan fingerprint density at radius 1 is 1.42 bits per heavy atom. The smallest absolute Gasteiger partial charge is 0.151 e. The van der Waals surface area contributed by atoms with Crippen LogP contribution in [0.25, 0.3) is 11.5 Å². The Morgan fingerprint density at radius 3 is 3.00 bits per heavy atom. The van der Waals surface area contributed by atoms with Crippen LogP contribution in [0.5, 0.6) is 0 Å². The van der Waals surface area contributed by atoms with Crippen LogP contribution >= 0.6 is 12.2 Å². The standard InChI is InChI=1S/C8H6N2OS/c12-8-5-9-4-6(10-8)7-2-1-3-11-7/h1-5H,(H,10,12). The summed E-state index contributed by atoms with van der Waals surface area (Å²) in [5.41, 5.74) is 0.799. The van der Waals surface area contributed by atoms with E-state index in [1.165, 1.54) is 0 Å². The second-order valence-corrected chi connectivity index (χ2v) is 2.73. The molecule has 2 rings (SSSR count). The zero-order chi connectivity index (χ0) is 8.39. The Labute approximate surface area is 74.1 Å². The first-order valence-electron chi connectivity index (χ1n) is 3.44. The molecule has 0 aromatic carbocycles. The number of hydrogen-bond donors (Lipinski definition) is 1. The van der Waals surface area contributed by atoms with Gasteiger partial charge in [-0.2, -0.15) is 0 Å². The molecule has 2 heterocycles. The Morgan fingerprint density at radius 2 is 2.33 bits per heavy atom. The largest absolute Gasteiger partial charge is 0.463 e. The van der Waals surface area contributed by atoms with Crippen molar-refractivity contribution in [3.8, 4) is 11.5 Å². The van der Waals surface area contributed by atoms with Crippen molar-refractivity contribution in [1.82, 2.24) is 9.97 Å². The summed E-state index contributed by atoms with van der Waals surface area (Å²) in [5.74, 6) is 0.745. The Hall–Kier alpha value is -1.42. The molecule has 1 N–H and O–H groups in total. The lowest BCUT2D eigenvalue weighted by Crippen LogP contribution is -1.82. The second-order valence-electron chi connectivity index (χ2n) is 2.29. The quantitative estimate of drug-likeness (QED) is 0.682. The molecule has 12 heavy (non-hydrogen) atoms. The van der Waals surface area contributed by atoms with Gasteiger partial charge in [-0.3, -0.25) is 4.98 Å². The molecule has 3 nitrogen and oxygen atoms in total. The predicted molar refractivity (Wildman–Crippen MR) is 47.1 cm³/mol. The van der Waals surface area contributed by atoms with Gasteiger partial charge in [0.05, 0.1) is 18.7 Å². The number of nitrogens with zero attached hydrogens (tertiary/aromatic N) is 1. The number of nitrogens with one attached hydrogen (secondary N) is 1. The highest BCUT2D eigenvalue weighted by Crippen LogP contribution is 2.14. The van der Waals surface area contributed by atoms with Gasteiger partial charge in [0.25, 0.3) is 0 Å². The fraction of sp³-hybridized carbons (Fsp3) is 0. The van der Waals surface area contributed by atoms with Crippen molar-refractivity contribution >= 4 is 12.2 Å². The second kappa shape index (κ2) is 2.91. The van der Waals surface area contributed by atoms with Crippen LogP contribution in [-0.4, -0.2) is 9.97 Å². The molecule has 0 unspecified atom stereocenters. The fourth-order valence-electron chi connectivity index (χ4n) is 0.934. The number of rotatable bonds is 1. The van der Waals surface area contributed by atoms with Gasteiger partial charge >= 0.3 is 0 Å². The monoisotopic (exact) mass is 178 g/mol. The molecular weight excluding hydrogens is 172 g/mol.